The Hall–Kier alpha value is -0.570. The van der Waals surface area contributed by atoms with Gasteiger partial charge >= 0.3 is 5.97 Å². The van der Waals surface area contributed by atoms with Gasteiger partial charge < -0.3 is 10.1 Å². The van der Waals surface area contributed by atoms with Crippen LogP contribution in [0.1, 0.15) is 27.2 Å². The molecular weight excluding hydrogens is 166 g/mol. The molecule has 0 aromatic heterocycles. The van der Waals surface area contributed by atoms with E-state index in [9.17, 15) is 4.79 Å². The summed E-state index contributed by atoms with van der Waals surface area (Å²) >= 11 is 0. The SMILES string of the molecule is CCOC(=O)C1CC(C)C(C)CN1. The van der Waals surface area contributed by atoms with Crippen molar-refractivity contribution < 1.29 is 9.53 Å². The first kappa shape index (κ1) is 10.5. The highest BCUT2D eigenvalue weighted by Crippen LogP contribution is 2.21. The summed E-state index contributed by atoms with van der Waals surface area (Å²) in [6.45, 7) is 7.63. The largest absolute Gasteiger partial charge is 0.465 e. The van der Waals surface area contributed by atoms with Gasteiger partial charge in [-0.1, -0.05) is 13.8 Å². The molecule has 0 aromatic carbocycles. The minimum Gasteiger partial charge on any atom is -0.465 e. The first-order valence-electron chi connectivity index (χ1n) is 5.05. The fourth-order valence-corrected chi connectivity index (χ4v) is 1.64. The molecule has 1 aliphatic heterocycles. The van der Waals surface area contributed by atoms with Crippen molar-refractivity contribution in [3.05, 3.63) is 0 Å². The van der Waals surface area contributed by atoms with Crippen molar-refractivity contribution in [2.45, 2.75) is 33.2 Å². The molecule has 0 spiro atoms. The summed E-state index contributed by atoms with van der Waals surface area (Å²) in [5.74, 6) is 1.17. The Labute approximate surface area is 79.8 Å². The number of hydrogen-bond donors (Lipinski definition) is 1. The topological polar surface area (TPSA) is 38.3 Å². The Morgan fingerprint density at radius 1 is 1.46 bits per heavy atom. The zero-order valence-electron chi connectivity index (χ0n) is 8.67. The molecule has 0 radical (unpaired) electrons. The Morgan fingerprint density at radius 3 is 2.69 bits per heavy atom. The predicted octanol–water partition coefficient (Wildman–Crippen LogP) is 1.18. The van der Waals surface area contributed by atoms with E-state index in [1.807, 2.05) is 6.92 Å². The number of hydrogen-bond acceptors (Lipinski definition) is 3. The monoisotopic (exact) mass is 185 g/mol. The zero-order chi connectivity index (χ0) is 9.84. The summed E-state index contributed by atoms with van der Waals surface area (Å²) in [5, 5.41) is 3.21. The molecule has 1 saturated heterocycles. The Kier molecular flexibility index (Phi) is 3.72. The Morgan fingerprint density at radius 2 is 2.15 bits per heavy atom. The third kappa shape index (κ3) is 2.69. The van der Waals surface area contributed by atoms with Gasteiger partial charge in [0, 0.05) is 0 Å². The number of esters is 1. The highest BCUT2D eigenvalue weighted by atomic mass is 16.5. The van der Waals surface area contributed by atoms with E-state index in [0.717, 1.165) is 13.0 Å². The summed E-state index contributed by atoms with van der Waals surface area (Å²) < 4.78 is 4.96. The Bertz CT molecular complexity index is 182. The number of carbonyl (C=O) groups is 1. The third-order valence-electron chi connectivity index (χ3n) is 2.84. The molecule has 0 aromatic rings. The van der Waals surface area contributed by atoms with E-state index in [0.29, 0.717) is 18.4 Å². The van der Waals surface area contributed by atoms with Crippen LogP contribution in [-0.2, 0) is 9.53 Å². The molecule has 76 valence electrons. The second kappa shape index (κ2) is 4.61. The predicted molar refractivity (Wildman–Crippen MR) is 51.4 cm³/mol. The van der Waals surface area contributed by atoms with Gasteiger partial charge in [-0.3, -0.25) is 4.79 Å². The molecule has 0 aliphatic carbocycles. The number of carbonyl (C=O) groups excluding carboxylic acids is 1. The molecule has 0 saturated carbocycles. The minimum atomic E-state index is -0.0961. The van der Waals surface area contributed by atoms with E-state index in [2.05, 4.69) is 19.2 Å². The van der Waals surface area contributed by atoms with E-state index in [-0.39, 0.29) is 12.0 Å². The number of ether oxygens (including phenoxy) is 1. The molecule has 1 aliphatic rings. The van der Waals surface area contributed by atoms with Crippen molar-refractivity contribution in [2.24, 2.45) is 11.8 Å². The highest BCUT2D eigenvalue weighted by molar-refractivity contribution is 5.75. The fourth-order valence-electron chi connectivity index (χ4n) is 1.64. The van der Waals surface area contributed by atoms with Crippen LogP contribution in [0.3, 0.4) is 0 Å². The Balaban J connectivity index is 2.40. The average molecular weight is 185 g/mol. The van der Waals surface area contributed by atoms with E-state index in [1.54, 1.807) is 0 Å². The van der Waals surface area contributed by atoms with Crippen molar-refractivity contribution >= 4 is 5.97 Å². The standard InChI is InChI=1S/C10H19NO2/c1-4-13-10(12)9-5-7(2)8(3)6-11-9/h7-9,11H,4-6H2,1-3H3. The molecule has 0 bridgehead atoms. The van der Waals surface area contributed by atoms with Crippen molar-refractivity contribution in [2.75, 3.05) is 13.2 Å². The molecular formula is C10H19NO2. The molecule has 0 amide bonds. The molecule has 3 heteroatoms. The number of rotatable bonds is 2. The maximum Gasteiger partial charge on any atom is 0.323 e. The van der Waals surface area contributed by atoms with Crippen LogP contribution in [0.25, 0.3) is 0 Å². The van der Waals surface area contributed by atoms with Gasteiger partial charge in [-0.25, -0.2) is 0 Å². The third-order valence-corrected chi connectivity index (χ3v) is 2.84. The van der Waals surface area contributed by atoms with Crippen LogP contribution in [0.15, 0.2) is 0 Å². The van der Waals surface area contributed by atoms with Gasteiger partial charge in [0.1, 0.15) is 6.04 Å². The molecule has 1 N–H and O–H groups in total. The first-order valence-corrected chi connectivity index (χ1v) is 5.05. The van der Waals surface area contributed by atoms with Gasteiger partial charge in [-0.15, -0.1) is 0 Å². The first-order chi connectivity index (χ1) is 6.15. The minimum absolute atomic E-state index is 0.0776. The lowest BCUT2D eigenvalue weighted by Crippen LogP contribution is -2.47. The van der Waals surface area contributed by atoms with E-state index in [1.165, 1.54) is 0 Å². The van der Waals surface area contributed by atoms with Gasteiger partial charge in [0.15, 0.2) is 0 Å². The summed E-state index contributed by atoms with van der Waals surface area (Å²) in [6, 6.07) is -0.0776. The van der Waals surface area contributed by atoms with Crippen LogP contribution in [0, 0.1) is 11.8 Å². The number of nitrogens with one attached hydrogen (secondary N) is 1. The lowest BCUT2D eigenvalue weighted by atomic mass is 9.86. The maximum atomic E-state index is 11.4. The molecule has 1 fully saturated rings. The molecule has 3 atom stereocenters. The van der Waals surface area contributed by atoms with Crippen molar-refractivity contribution in [1.82, 2.24) is 5.32 Å². The van der Waals surface area contributed by atoms with Crippen molar-refractivity contribution in [3.8, 4) is 0 Å². The van der Waals surface area contributed by atoms with Gasteiger partial charge in [-0.2, -0.15) is 0 Å². The lowest BCUT2D eigenvalue weighted by Gasteiger charge is -2.31. The van der Waals surface area contributed by atoms with Crippen LogP contribution in [0.2, 0.25) is 0 Å². The summed E-state index contributed by atoms with van der Waals surface area (Å²) in [7, 11) is 0. The highest BCUT2D eigenvalue weighted by Gasteiger charge is 2.29. The van der Waals surface area contributed by atoms with Crippen LogP contribution in [-0.4, -0.2) is 25.2 Å². The van der Waals surface area contributed by atoms with Crippen LogP contribution in [0.5, 0.6) is 0 Å². The second-order valence-electron chi connectivity index (χ2n) is 3.90. The maximum absolute atomic E-state index is 11.4. The average Bonchev–Trinajstić information content (AvgIpc) is 2.10. The van der Waals surface area contributed by atoms with Gasteiger partial charge in [0.25, 0.3) is 0 Å². The van der Waals surface area contributed by atoms with Crippen LogP contribution in [0.4, 0.5) is 0 Å². The van der Waals surface area contributed by atoms with Gasteiger partial charge in [-0.05, 0) is 31.7 Å². The van der Waals surface area contributed by atoms with E-state index < -0.39 is 0 Å². The van der Waals surface area contributed by atoms with Crippen LogP contribution < -0.4 is 5.32 Å². The van der Waals surface area contributed by atoms with Crippen LogP contribution >= 0.6 is 0 Å². The molecule has 1 rings (SSSR count). The second-order valence-corrected chi connectivity index (χ2v) is 3.90. The summed E-state index contributed by atoms with van der Waals surface area (Å²) in [6.07, 6.45) is 0.903. The zero-order valence-corrected chi connectivity index (χ0v) is 8.67. The quantitative estimate of drug-likeness (QED) is 0.657. The molecule has 3 unspecified atom stereocenters. The smallest absolute Gasteiger partial charge is 0.323 e. The van der Waals surface area contributed by atoms with Crippen molar-refractivity contribution in [1.29, 1.82) is 0 Å². The molecule has 1 heterocycles. The lowest BCUT2D eigenvalue weighted by molar-refractivity contribution is -0.147. The molecule has 13 heavy (non-hydrogen) atoms. The number of piperidine rings is 1. The normalized spacial score (nSPS) is 34.2. The van der Waals surface area contributed by atoms with E-state index in [4.69, 9.17) is 4.74 Å². The van der Waals surface area contributed by atoms with Gasteiger partial charge in [0.2, 0.25) is 0 Å². The molecule has 3 nitrogen and oxygen atoms in total. The van der Waals surface area contributed by atoms with E-state index >= 15 is 0 Å². The van der Waals surface area contributed by atoms with Crippen molar-refractivity contribution in [3.63, 3.8) is 0 Å². The summed E-state index contributed by atoms with van der Waals surface area (Å²) in [5.41, 5.74) is 0. The fraction of sp³-hybridized carbons (Fsp3) is 0.900. The van der Waals surface area contributed by atoms with Gasteiger partial charge in [0.05, 0.1) is 6.61 Å². The summed E-state index contributed by atoms with van der Waals surface area (Å²) in [4.78, 5) is 11.4.